The van der Waals surface area contributed by atoms with E-state index in [-0.39, 0.29) is 5.04 Å². The zero-order valence-corrected chi connectivity index (χ0v) is 15.6. The van der Waals surface area contributed by atoms with Gasteiger partial charge in [-0.25, -0.2) is 4.85 Å². The second-order valence-corrected chi connectivity index (χ2v) is 12.4. The maximum absolute atomic E-state index is 7.20. The van der Waals surface area contributed by atoms with Crippen LogP contribution in [-0.2, 0) is 10.8 Å². The molecule has 1 heterocycles. The van der Waals surface area contributed by atoms with Crippen LogP contribution in [0.15, 0.2) is 18.2 Å². The zero-order valence-electron chi connectivity index (χ0n) is 14.6. The van der Waals surface area contributed by atoms with Crippen LogP contribution in [0.1, 0.15) is 32.8 Å². The van der Waals surface area contributed by atoms with Crippen LogP contribution in [0.4, 0.5) is 11.4 Å². The molecule has 1 aliphatic heterocycles. The lowest BCUT2D eigenvalue weighted by atomic mass is 10.0. The maximum atomic E-state index is 7.20. The fourth-order valence-corrected chi connectivity index (χ4v) is 3.60. The summed E-state index contributed by atoms with van der Waals surface area (Å²) in [4.78, 5) is 5.95. The smallest absolute Gasteiger partial charge is 0.192 e. The van der Waals surface area contributed by atoms with Gasteiger partial charge in [0.05, 0.1) is 13.2 Å². The first-order valence-corrected chi connectivity index (χ1v) is 11.0. The minimum absolute atomic E-state index is 0.254. The van der Waals surface area contributed by atoms with Crippen LogP contribution in [0, 0.1) is 6.57 Å². The van der Waals surface area contributed by atoms with Crippen LogP contribution >= 0.6 is 0 Å². The summed E-state index contributed by atoms with van der Waals surface area (Å²) in [5, 5.41) is 0.254. The number of anilines is 1. The molecule has 2 rings (SSSR count). The monoisotopic (exact) mass is 316 g/mol. The molecular weight excluding hydrogens is 288 g/mol. The standard InChI is InChI=1S/C18H28N2OSi/c1-18(2,3)22(5,6)21-13-12-20-11-7-8-15-9-10-16(19-4)14-17(15)20/h9-10,14H,7-8,11-13H2,1-3,5-6H3. The van der Waals surface area contributed by atoms with E-state index < -0.39 is 8.32 Å². The van der Waals surface area contributed by atoms with E-state index in [1.165, 1.54) is 17.7 Å². The molecule has 0 radical (unpaired) electrons. The van der Waals surface area contributed by atoms with Crippen molar-refractivity contribution in [2.75, 3.05) is 24.6 Å². The number of hydrogen-bond donors (Lipinski definition) is 0. The van der Waals surface area contributed by atoms with E-state index in [1.807, 2.05) is 12.1 Å². The van der Waals surface area contributed by atoms with Gasteiger partial charge in [-0.1, -0.05) is 32.9 Å². The van der Waals surface area contributed by atoms with Crippen molar-refractivity contribution in [3.8, 4) is 0 Å². The van der Waals surface area contributed by atoms with Gasteiger partial charge in [-0.2, -0.15) is 0 Å². The number of fused-ring (bicyclic) bond motifs is 1. The van der Waals surface area contributed by atoms with E-state index in [4.69, 9.17) is 11.0 Å². The molecule has 1 aliphatic rings. The largest absolute Gasteiger partial charge is 0.415 e. The minimum Gasteiger partial charge on any atom is -0.415 e. The van der Waals surface area contributed by atoms with Crippen molar-refractivity contribution < 1.29 is 4.43 Å². The highest BCUT2D eigenvalue weighted by Crippen LogP contribution is 2.36. The lowest BCUT2D eigenvalue weighted by Crippen LogP contribution is -2.43. The van der Waals surface area contributed by atoms with Gasteiger partial charge in [0.15, 0.2) is 14.0 Å². The van der Waals surface area contributed by atoms with Crippen molar-refractivity contribution in [2.45, 2.75) is 51.7 Å². The maximum Gasteiger partial charge on any atom is 0.192 e. The lowest BCUT2D eigenvalue weighted by Gasteiger charge is -2.38. The van der Waals surface area contributed by atoms with Gasteiger partial charge < -0.3 is 9.33 Å². The Balaban J connectivity index is 2.03. The fourth-order valence-electron chi connectivity index (χ4n) is 2.57. The van der Waals surface area contributed by atoms with Crippen LogP contribution in [0.2, 0.25) is 18.1 Å². The van der Waals surface area contributed by atoms with Crippen molar-refractivity contribution in [2.24, 2.45) is 0 Å². The third-order valence-electron chi connectivity index (χ3n) is 5.04. The molecule has 4 heteroatoms. The first-order chi connectivity index (χ1) is 10.2. The summed E-state index contributed by atoms with van der Waals surface area (Å²) in [6, 6.07) is 6.08. The summed E-state index contributed by atoms with van der Waals surface area (Å²) >= 11 is 0. The van der Waals surface area contributed by atoms with Crippen molar-refractivity contribution in [3.05, 3.63) is 35.2 Å². The molecule has 0 aliphatic carbocycles. The average molecular weight is 317 g/mol. The van der Waals surface area contributed by atoms with Gasteiger partial charge in [0, 0.05) is 18.8 Å². The second kappa shape index (κ2) is 6.43. The second-order valence-electron chi connectivity index (χ2n) is 7.62. The fraction of sp³-hybridized carbons (Fsp3) is 0.611. The molecule has 0 fully saturated rings. The third kappa shape index (κ3) is 3.71. The lowest BCUT2D eigenvalue weighted by molar-refractivity contribution is 0.293. The van der Waals surface area contributed by atoms with E-state index in [0.29, 0.717) is 0 Å². The van der Waals surface area contributed by atoms with Crippen LogP contribution in [0.25, 0.3) is 4.85 Å². The number of aryl methyl sites for hydroxylation is 1. The van der Waals surface area contributed by atoms with Gasteiger partial charge in [-0.3, -0.25) is 0 Å². The molecule has 0 N–H and O–H groups in total. The van der Waals surface area contributed by atoms with E-state index in [9.17, 15) is 0 Å². The quantitative estimate of drug-likeness (QED) is 0.573. The van der Waals surface area contributed by atoms with Crippen LogP contribution in [0.3, 0.4) is 0 Å². The summed E-state index contributed by atoms with van der Waals surface area (Å²) in [6.45, 7) is 21.4. The van der Waals surface area contributed by atoms with Crippen molar-refractivity contribution in [1.82, 2.24) is 0 Å². The van der Waals surface area contributed by atoms with E-state index in [0.717, 1.165) is 31.8 Å². The summed E-state index contributed by atoms with van der Waals surface area (Å²) in [5.41, 5.74) is 3.33. The molecule has 0 atom stereocenters. The number of hydrogen-bond acceptors (Lipinski definition) is 2. The number of nitrogens with zero attached hydrogens (tertiary/aromatic N) is 2. The first kappa shape index (κ1) is 17.0. The summed E-state index contributed by atoms with van der Waals surface area (Å²) in [5.74, 6) is 0. The normalized spacial score (nSPS) is 15.4. The highest BCUT2D eigenvalue weighted by atomic mass is 28.4. The van der Waals surface area contributed by atoms with Gasteiger partial charge in [0.2, 0.25) is 0 Å². The Bertz CT molecular complexity index is 569. The van der Waals surface area contributed by atoms with Crippen LogP contribution in [-0.4, -0.2) is 28.0 Å². The van der Waals surface area contributed by atoms with Crippen molar-refractivity contribution >= 4 is 19.7 Å². The van der Waals surface area contributed by atoms with Gasteiger partial charge >= 0.3 is 0 Å². The number of rotatable bonds is 4. The number of benzene rings is 1. The Kier molecular flexibility index (Phi) is 4.99. The zero-order chi connectivity index (χ0) is 16.4. The van der Waals surface area contributed by atoms with Crippen LogP contribution in [0.5, 0.6) is 0 Å². The summed E-state index contributed by atoms with van der Waals surface area (Å²) in [6.07, 6.45) is 2.30. The van der Waals surface area contributed by atoms with Crippen molar-refractivity contribution in [3.63, 3.8) is 0 Å². The van der Waals surface area contributed by atoms with Crippen LogP contribution < -0.4 is 4.90 Å². The predicted molar refractivity (Wildman–Crippen MR) is 96.4 cm³/mol. The Morgan fingerprint density at radius 1 is 1.32 bits per heavy atom. The summed E-state index contributed by atoms with van der Waals surface area (Å²) in [7, 11) is -1.67. The molecule has 0 aromatic heterocycles. The third-order valence-corrected chi connectivity index (χ3v) is 9.58. The predicted octanol–water partition coefficient (Wildman–Crippen LogP) is 5.01. The Morgan fingerprint density at radius 3 is 2.68 bits per heavy atom. The SMILES string of the molecule is [C-]#[N+]c1ccc2c(c1)N(CCO[Si](C)(C)C(C)(C)C)CCC2. The molecule has 120 valence electrons. The van der Waals surface area contributed by atoms with E-state index in [2.05, 4.69) is 49.7 Å². The molecular formula is C18H28N2OSi. The minimum atomic E-state index is -1.67. The van der Waals surface area contributed by atoms with E-state index in [1.54, 1.807) is 0 Å². The average Bonchev–Trinajstić information content (AvgIpc) is 2.45. The van der Waals surface area contributed by atoms with Gasteiger partial charge in [0.25, 0.3) is 0 Å². The highest BCUT2D eigenvalue weighted by Gasteiger charge is 2.37. The molecule has 3 nitrogen and oxygen atoms in total. The molecule has 0 bridgehead atoms. The summed E-state index contributed by atoms with van der Waals surface area (Å²) < 4.78 is 6.31. The van der Waals surface area contributed by atoms with Crippen molar-refractivity contribution in [1.29, 1.82) is 0 Å². The van der Waals surface area contributed by atoms with E-state index >= 15 is 0 Å². The van der Waals surface area contributed by atoms with Gasteiger partial charge in [-0.15, -0.1) is 0 Å². The molecule has 0 spiro atoms. The van der Waals surface area contributed by atoms with Gasteiger partial charge in [0.1, 0.15) is 0 Å². The van der Waals surface area contributed by atoms with Gasteiger partial charge in [-0.05, 0) is 42.6 Å². The Morgan fingerprint density at radius 2 is 2.05 bits per heavy atom. The molecule has 0 saturated heterocycles. The molecule has 1 aromatic rings. The topological polar surface area (TPSA) is 16.8 Å². The molecule has 22 heavy (non-hydrogen) atoms. The Hall–Kier alpha value is -1.31. The molecule has 0 saturated carbocycles. The first-order valence-electron chi connectivity index (χ1n) is 8.14. The molecule has 0 unspecified atom stereocenters. The molecule has 1 aromatic carbocycles. The Labute approximate surface area is 136 Å². The molecule has 0 amide bonds. The highest BCUT2D eigenvalue weighted by molar-refractivity contribution is 6.74.